The molecule has 1 aliphatic heterocycles. The average Bonchev–Trinajstić information content (AvgIpc) is 3.17. The molecule has 2 unspecified atom stereocenters. The summed E-state index contributed by atoms with van der Waals surface area (Å²) in [7, 11) is 1.26. The number of fused-ring (bicyclic) bond motifs is 3. The van der Waals surface area contributed by atoms with Crippen molar-refractivity contribution in [3.63, 3.8) is 0 Å². The topological polar surface area (TPSA) is 122 Å². The fourth-order valence-electron chi connectivity index (χ4n) is 9.85. The Kier molecular flexibility index (Phi) is 5.69. The lowest BCUT2D eigenvalue weighted by Gasteiger charge is -2.66. The van der Waals surface area contributed by atoms with Gasteiger partial charge in [-0.3, -0.25) is 24.0 Å². The van der Waals surface area contributed by atoms with Crippen molar-refractivity contribution in [1.29, 1.82) is 0 Å². The number of carbonyl (C=O) groups is 5. The predicted octanol–water partition coefficient (Wildman–Crippen LogP) is 3.84. The molecule has 1 saturated heterocycles. The van der Waals surface area contributed by atoms with Crippen molar-refractivity contribution in [2.24, 2.45) is 38.9 Å². The van der Waals surface area contributed by atoms with Gasteiger partial charge in [-0.25, -0.2) is 0 Å². The Bertz CT molecular complexity index is 1290. The van der Waals surface area contributed by atoms with E-state index in [1.165, 1.54) is 21.0 Å². The van der Waals surface area contributed by atoms with Gasteiger partial charge < -0.3 is 18.9 Å². The van der Waals surface area contributed by atoms with Crippen molar-refractivity contribution in [2.45, 2.75) is 86.9 Å². The summed E-state index contributed by atoms with van der Waals surface area (Å²) < 4.78 is 23.1. The molecule has 2 saturated carbocycles. The van der Waals surface area contributed by atoms with Crippen LogP contribution in [0.1, 0.15) is 74.7 Å². The van der Waals surface area contributed by atoms with E-state index in [2.05, 4.69) is 0 Å². The van der Waals surface area contributed by atoms with Crippen molar-refractivity contribution < 1.29 is 42.9 Å². The first-order valence-corrected chi connectivity index (χ1v) is 13.6. The second-order valence-electron chi connectivity index (χ2n) is 13.1. The minimum atomic E-state index is -1.70. The highest BCUT2D eigenvalue weighted by Crippen LogP contribution is 2.79. The van der Waals surface area contributed by atoms with Crippen molar-refractivity contribution in [3.8, 4) is 0 Å². The predicted molar refractivity (Wildman–Crippen MR) is 136 cm³/mol. The second kappa shape index (κ2) is 8.04. The van der Waals surface area contributed by atoms with E-state index in [9.17, 15) is 24.0 Å². The van der Waals surface area contributed by atoms with Crippen LogP contribution in [0.25, 0.3) is 0 Å². The first kappa shape index (κ1) is 27.6. The highest BCUT2D eigenvalue weighted by molar-refractivity contribution is 6.12. The zero-order chi connectivity index (χ0) is 29.1. The van der Waals surface area contributed by atoms with Crippen LogP contribution in [-0.4, -0.2) is 49.0 Å². The maximum absolute atomic E-state index is 14.2. The van der Waals surface area contributed by atoms with Crippen LogP contribution in [0, 0.1) is 38.9 Å². The van der Waals surface area contributed by atoms with Crippen molar-refractivity contribution in [2.75, 3.05) is 7.11 Å². The summed E-state index contributed by atoms with van der Waals surface area (Å²) in [5.74, 6) is -3.21. The molecule has 212 valence electrons. The summed E-state index contributed by atoms with van der Waals surface area (Å²) in [4.78, 5) is 66.6. The van der Waals surface area contributed by atoms with E-state index in [-0.39, 0.29) is 41.4 Å². The third-order valence-corrected chi connectivity index (χ3v) is 11.2. The molecule has 0 spiro atoms. The van der Waals surface area contributed by atoms with Gasteiger partial charge in [0.2, 0.25) is 0 Å². The van der Waals surface area contributed by atoms with Crippen LogP contribution in [0.4, 0.5) is 0 Å². The van der Waals surface area contributed by atoms with Crippen LogP contribution in [0.15, 0.2) is 23.0 Å². The molecular formula is C30H38O9. The number of ether oxygens (including phenoxy) is 4. The van der Waals surface area contributed by atoms with E-state index in [0.29, 0.717) is 18.4 Å². The first-order chi connectivity index (χ1) is 18.0. The fraction of sp³-hybridized carbons (Fsp3) is 0.700. The lowest BCUT2D eigenvalue weighted by atomic mass is 9.33. The summed E-state index contributed by atoms with van der Waals surface area (Å²) in [6.45, 7) is 13.6. The average molecular weight is 543 g/mol. The van der Waals surface area contributed by atoms with E-state index in [0.717, 1.165) is 0 Å². The van der Waals surface area contributed by atoms with Crippen molar-refractivity contribution >= 4 is 29.7 Å². The molecule has 5 rings (SSSR count). The number of ketones is 1. The number of Topliss-reactive ketones (excluding diaryl/α,β-unsaturated/α-hetero) is 1. The number of hydrogen-bond donors (Lipinski definition) is 0. The molecule has 0 amide bonds. The maximum Gasteiger partial charge on any atom is 0.321 e. The lowest BCUT2D eigenvalue weighted by molar-refractivity contribution is -0.218. The van der Waals surface area contributed by atoms with Gasteiger partial charge in [-0.1, -0.05) is 32.4 Å². The highest BCUT2D eigenvalue weighted by Gasteiger charge is 2.85. The Hall–Kier alpha value is -2.97. The maximum atomic E-state index is 14.2. The third kappa shape index (κ3) is 2.84. The SMILES string of the molecule is COC(=O)[C@]12C(OC(C)=O)=C(C)C(=O)[C@@]1(C)C(C)=C[C@@H]1[C@@]34CC[C@@H](OC(C)=O)C(C)(C)C3C(C[C@]12C)OC4=O. The van der Waals surface area contributed by atoms with Crippen LogP contribution in [-0.2, 0) is 42.9 Å². The van der Waals surface area contributed by atoms with Gasteiger partial charge in [0.15, 0.2) is 5.78 Å². The molecule has 2 bridgehead atoms. The molecule has 5 aliphatic rings. The number of carbonyl (C=O) groups excluding carboxylic acids is 5. The molecule has 0 aromatic heterocycles. The zero-order valence-corrected chi connectivity index (χ0v) is 24.2. The minimum absolute atomic E-state index is 0.00357. The van der Waals surface area contributed by atoms with Crippen LogP contribution in [0.2, 0.25) is 0 Å². The van der Waals surface area contributed by atoms with E-state index >= 15 is 0 Å². The molecule has 9 nitrogen and oxygen atoms in total. The molecule has 4 aliphatic carbocycles. The molecule has 0 aromatic carbocycles. The van der Waals surface area contributed by atoms with Gasteiger partial charge in [0, 0.05) is 42.1 Å². The summed E-state index contributed by atoms with van der Waals surface area (Å²) in [6.07, 6.45) is 2.02. The van der Waals surface area contributed by atoms with Crippen LogP contribution < -0.4 is 0 Å². The number of rotatable bonds is 3. The Labute approximate surface area is 228 Å². The van der Waals surface area contributed by atoms with Crippen molar-refractivity contribution in [3.05, 3.63) is 23.0 Å². The number of esters is 4. The van der Waals surface area contributed by atoms with Crippen molar-refractivity contribution in [1.82, 2.24) is 0 Å². The quantitative estimate of drug-likeness (QED) is 0.297. The standard InChI is InChI=1S/C30H38O9/c1-14-12-19-27(7,30(25(35)36-9)23(38-17(4)32)15(2)22(33)28(14,30)8)13-18-21-26(5,6)20(37-16(3)31)10-11-29(19,21)24(34)39-18/h12,18-21H,10-11,13H2,1-9H3/t18?,19-,20+,21?,27+,28+,29-,30-/m0/s1. The molecule has 8 atom stereocenters. The van der Waals surface area contributed by atoms with Gasteiger partial charge in [-0.05, 0) is 40.0 Å². The third-order valence-electron chi connectivity index (χ3n) is 11.2. The van der Waals surface area contributed by atoms with Crippen LogP contribution >= 0.6 is 0 Å². The summed E-state index contributed by atoms with van der Waals surface area (Å²) >= 11 is 0. The number of methoxy groups -OCH3 is 1. The monoisotopic (exact) mass is 542 g/mol. The molecule has 9 heteroatoms. The first-order valence-electron chi connectivity index (χ1n) is 13.6. The summed E-state index contributed by atoms with van der Waals surface area (Å²) in [5, 5.41) is 0. The van der Waals surface area contributed by atoms with E-state index in [1.807, 2.05) is 26.8 Å². The van der Waals surface area contributed by atoms with Crippen LogP contribution in [0.5, 0.6) is 0 Å². The molecule has 39 heavy (non-hydrogen) atoms. The number of allylic oxidation sites excluding steroid dienone is 3. The molecule has 3 fully saturated rings. The highest BCUT2D eigenvalue weighted by atomic mass is 16.6. The second-order valence-corrected chi connectivity index (χ2v) is 13.1. The molecule has 0 radical (unpaired) electrons. The van der Waals surface area contributed by atoms with Gasteiger partial charge in [0.25, 0.3) is 0 Å². The van der Waals surface area contributed by atoms with Gasteiger partial charge in [0.1, 0.15) is 23.4 Å². The van der Waals surface area contributed by atoms with Gasteiger partial charge in [0.05, 0.1) is 17.9 Å². The van der Waals surface area contributed by atoms with E-state index < -0.39 is 57.1 Å². The van der Waals surface area contributed by atoms with Gasteiger partial charge in [-0.2, -0.15) is 0 Å². The largest absolute Gasteiger partial charge is 0.468 e. The van der Waals surface area contributed by atoms with E-state index in [1.54, 1.807) is 20.8 Å². The molecule has 0 N–H and O–H groups in total. The number of hydrogen-bond acceptors (Lipinski definition) is 9. The van der Waals surface area contributed by atoms with Gasteiger partial charge >= 0.3 is 23.9 Å². The zero-order valence-electron chi connectivity index (χ0n) is 24.2. The Morgan fingerprint density at radius 2 is 1.67 bits per heavy atom. The van der Waals surface area contributed by atoms with Gasteiger partial charge in [-0.15, -0.1) is 0 Å². The molecule has 0 aromatic rings. The molecular weight excluding hydrogens is 504 g/mol. The lowest BCUT2D eigenvalue weighted by Crippen LogP contribution is -2.71. The van der Waals surface area contributed by atoms with Crippen LogP contribution in [0.3, 0.4) is 0 Å². The van der Waals surface area contributed by atoms with E-state index in [4.69, 9.17) is 18.9 Å². The normalized spacial score (nSPS) is 43.5. The Morgan fingerprint density at radius 1 is 1.03 bits per heavy atom. The summed E-state index contributed by atoms with van der Waals surface area (Å²) in [5.41, 5.74) is -5.02. The smallest absolute Gasteiger partial charge is 0.321 e. The minimum Gasteiger partial charge on any atom is -0.468 e. The fourth-order valence-corrected chi connectivity index (χ4v) is 9.85. The molecule has 1 heterocycles. The summed E-state index contributed by atoms with van der Waals surface area (Å²) in [6, 6.07) is 0. The Morgan fingerprint density at radius 3 is 2.23 bits per heavy atom. The Balaban J connectivity index is 1.82.